The maximum atomic E-state index is 13.0. The normalized spacial score (nSPS) is 19.6. The van der Waals surface area contributed by atoms with Crippen molar-refractivity contribution in [1.82, 2.24) is 24.3 Å². The Morgan fingerprint density at radius 1 is 1.26 bits per heavy atom. The van der Waals surface area contributed by atoms with E-state index in [1.54, 1.807) is 18.7 Å². The molecule has 0 aromatic carbocycles. The van der Waals surface area contributed by atoms with E-state index >= 15 is 0 Å². The third-order valence-corrected chi connectivity index (χ3v) is 8.19. The second-order valence-corrected chi connectivity index (χ2v) is 9.92. The summed E-state index contributed by atoms with van der Waals surface area (Å²) < 4.78 is 27.8. The van der Waals surface area contributed by atoms with E-state index in [4.69, 9.17) is 12.2 Å². The summed E-state index contributed by atoms with van der Waals surface area (Å²) in [5, 5.41) is 6.67. The summed E-state index contributed by atoms with van der Waals surface area (Å²) in [7, 11) is -3.68. The minimum atomic E-state index is -3.68. The Hall–Kier alpha value is -1.50. The van der Waals surface area contributed by atoms with Crippen molar-refractivity contribution in [2.75, 3.05) is 38.5 Å². The predicted octanol–water partition coefficient (Wildman–Crippen LogP) is 0.110. The number of sulfonamides is 1. The predicted molar refractivity (Wildman–Crippen MR) is 105 cm³/mol. The van der Waals surface area contributed by atoms with Crippen molar-refractivity contribution in [2.45, 2.75) is 25.2 Å². The van der Waals surface area contributed by atoms with E-state index in [1.165, 1.54) is 21.0 Å². The van der Waals surface area contributed by atoms with Crippen LogP contribution in [0.15, 0.2) is 4.90 Å². The van der Waals surface area contributed by atoms with E-state index in [0.29, 0.717) is 35.2 Å². The van der Waals surface area contributed by atoms with Crippen LogP contribution in [0.3, 0.4) is 0 Å². The van der Waals surface area contributed by atoms with Crippen molar-refractivity contribution in [3.63, 3.8) is 0 Å². The number of carbonyl (C=O) groups excluding carboxylic acids is 2. The molecule has 12 heteroatoms. The van der Waals surface area contributed by atoms with Crippen molar-refractivity contribution in [3.8, 4) is 0 Å². The van der Waals surface area contributed by atoms with Crippen LogP contribution in [0.1, 0.15) is 17.8 Å². The average molecular weight is 432 g/mol. The molecule has 27 heavy (non-hydrogen) atoms. The number of hydrogen-bond acceptors (Lipinski definition) is 7. The largest absolute Gasteiger partial charge is 0.340 e. The standard InChI is InChI=1S/C15H21N5O4S3/c1-10-14(11(2)17-16-10)27(23,24)19-5-3-4-18(6-7-19)12(21)8-20-13(22)9-26-15(20)25/h3-9H2,1-2H3,(H,16,17). The van der Waals surface area contributed by atoms with Crippen molar-refractivity contribution in [1.29, 1.82) is 0 Å². The van der Waals surface area contributed by atoms with Gasteiger partial charge in [-0.2, -0.15) is 9.40 Å². The Kier molecular flexibility index (Phi) is 5.89. The molecular weight excluding hydrogens is 410 g/mol. The third-order valence-electron chi connectivity index (χ3n) is 4.60. The Morgan fingerprint density at radius 3 is 2.59 bits per heavy atom. The molecule has 1 aromatic heterocycles. The van der Waals surface area contributed by atoms with Crippen LogP contribution in [-0.4, -0.2) is 87.3 Å². The van der Waals surface area contributed by atoms with E-state index in [1.807, 2.05) is 0 Å². The number of H-pyrrole nitrogens is 1. The smallest absolute Gasteiger partial charge is 0.246 e. The molecule has 1 N–H and O–H groups in total. The van der Waals surface area contributed by atoms with Crippen LogP contribution < -0.4 is 0 Å². The summed E-state index contributed by atoms with van der Waals surface area (Å²) in [6.45, 7) is 4.48. The van der Waals surface area contributed by atoms with Gasteiger partial charge in [0.2, 0.25) is 21.8 Å². The monoisotopic (exact) mass is 431 g/mol. The first-order valence-electron chi connectivity index (χ1n) is 8.48. The lowest BCUT2D eigenvalue weighted by molar-refractivity contribution is -0.135. The molecule has 148 valence electrons. The minimum absolute atomic E-state index is 0.0859. The van der Waals surface area contributed by atoms with Gasteiger partial charge in [0.1, 0.15) is 15.8 Å². The minimum Gasteiger partial charge on any atom is -0.340 e. The molecule has 0 saturated carbocycles. The number of hydrogen-bond donors (Lipinski definition) is 1. The fourth-order valence-electron chi connectivity index (χ4n) is 3.20. The lowest BCUT2D eigenvalue weighted by atomic mass is 10.3. The van der Waals surface area contributed by atoms with Gasteiger partial charge in [-0.25, -0.2) is 8.42 Å². The maximum absolute atomic E-state index is 13.0. The van der Waals surface area contributed by atoms with E-state index in [0.717, 1.165) is 0 Å². The molecule has 2 aliphatic rings. The van der Waals surface area contributed by atoms with Crippen LogP contribution in [0.2, 0.25) is 0 Å². The number of thioether (sulfide) groups is 1. The Labute approximate surface area is 167 Å². The van der Waals surface area contributed by atoms with Crippen LogP contribution in [-0.2, 0) is 19.6 Å². The molecular formula is C15H21N5O4S3. The van der Waals surface area contributed by atoms with Gasteiger partial charge in [0.15, 0.2) is 0 Å². The highest BCUT2D eigenvalue weighted by atomic mass is 32.2. The van der Waals surface area contributed by atoms with Gasteiger partial charge in [-0.05, 0) is 20.3 Å². The fourth-order valence-corrected chi connectivity index (χ4v) is 6.07. The van der Waals surface area contributed by atoms with Gasteiger partial charge < -0.3 is 4.90 Å². The van der Waals surface area contributed by atoms with Crippen molar-refractivity contribution >= 4 is 50.1 Å². The average Bonchev–Trinajstić information content (AvgIpc) is 2.99. The molecule has 0 spiro atoms. The molecule has 2 aliphatic heterocycles. The number of carbonyl (C=O) groups is 2. The molecule has 0 bridgehead atoms. The lowest BCUT2D eigenvalue weighted by Gasteiger charge is -2.24. The number of aromatic amines is 1. The Balaban J connectivity index is 1.68. The number of amides is 2. The van der Waals surface area contributed by atoms with Crippen LogP contribution >= 0.6 is 24.0 Å². The summed E-state index contributed by atoms with van der Waals surface area (Å²) in [5.41, 5.74) is 0.937. The van der Waals surface area contributed by atoms with Gasteiger partial charge in [0, 0.05) is 26.2 Å². The molecule has 2 amide bonds. The zero-order valence-corrected chi connectivity index (χ0v) is 17.5. The highest BCUT2D eigenvalue weighted by Crippen LogP contribution is 2.23. The van der Waals surface area contributed by atoms with E-state index in [2.05, 4.69) is 10.2 Å². The zero-order valence-electron chi connectivity index (χ0n) is 15.1. The number of aromatic nitrogens is 2. The topological polar surface area (TPSA) is 107 Å². The van der Waals surface area contributed by atoms with Crippen LogP contribution in [0.25, 0.3) is 0 Å². The molecule has 2 fully saturated rings. The molecule has 0 unspecified atom stereocenters. The van der Waals surface area contributed by atoms with Crippen LogP contribution in [0.5, 0.6) is 0 Å². The molecule has 0 radical (unpaired) electrons. The van der Waals surface area contributed by atoms with E-state index < -0.39 is 10.0 Å². The van der Waals surface area contributed by atoms with E-state index in [-0.39, 0.29) is 42.1 Å². The molecule has 2 saturated heterocycles. The second-order valence-electron chi connectivity index (χ2n) is 6.44. The number of thiocarbonyl (C=S) groups is 1. The van der Waals surface area contributed by atoms with Crippen molar-refractivity contribution in [2.24, 2.45) is 0 Å². The number of nitrogens with one attached hydrogen (secondary N) is 1. The third kappa shape index (κ3) is 4.03. The van der Waals surface area contributed by atoms with Crippen molar-refractivity contribution < 1.29 is 18.0 Å². The molecule has 0 aliphatic carbocycles. The summed E-state index contributed by atoms with van der Waals surface area (Å²) in [5.74, 6) is -0.118. The molecule has 3 heterocycles. The fraction of sp³-hybridized carbons (Fsp3) is 0.600. The summed E-state index contributed by atoms with van der Waals surface area (Å²) >= 11 is 6.35. The van der Waals surface area contributed by atoms with Gasteiger partial charge in [-0.3, -0.25) is 19.6 Å². The molecule has 3 rings (SSSR count). The van der Waals surface area contributed by atoms with Gasteiger partial charge >= 0.3 is 0 Å². The molecule has 0 atom stereocenters. The lowest BCUT2D eigenvalue weighted by Crippen LogP contribution is -2.44. The van der Waals surface area contributed by atoms with Gasteiger partial charge in [-0.15, -0.1) is 0 Å². The quantitative estimate of drug-likeness (QED) is 0.674. The van der Waals surface area contributed by atoms with Gasteiger partial charge in [-0.1, -0.05) is 24.0 Å². The first-order chi connectivity index (χ1) is 12.7. The van der Waals surface area contributed by atoms with Gasteiger partial charge in [0.05, 0.1) is 17.1 Å². The van der Waals surface area contributed by atoms with Crippen LogP contribution in [0, 0.1) is 13.8 Å². The Bertz CT molecular complexity index is 847. The van der Waals surface area contributed by atoms with Crippen LogP contribution in [0.4, 0.5) is 0 Å². The van der Waals surface area contributed by atoms with Gasteiger partial charge in [0.25, 0.3) is 0 Å². The number of rotatable bonds is 4. The molecule has 9 nitrogen and oxygen atoms in total. The SMILES string of the molecule is Cc1n[nH]c(C)c1S(=O)(=O)N1CCCN(C(=O)CN2C(=O)CSC2=S)CC1. The maximum Gasteiger partial charge on any atom is 0.246 e. The summed E-state index contributed by atoms with van der Waals surface area (Å²) in [6.07, 6.45) is 0.522. The number of aryl methyl sites for hydroxylation is 2. The highest BCUT2D eigenvalue weighted by Gasteiger charge is 2.33. The summed E-state index contributed by atoms with van der Waals surface area (Å²) in [4.78, 5) is 27.5. The highest BCUT2D eigenvalue weighted by molar-refractivity contribution is 8.23. The first kappa shape index (κ1) is 20.2. The number of nitrogens with zero attached hydrogens (tertiary/aromatic N) is 4. The zero-order chi connectivity index (χ0) is 19.8. The summed E-state index contributed by atoms with van der Waals surface area (Å²) in [6, 6.07) is 0. The van der Waals surface area contributed by atoms with E-state index in [9.17, 15) is 18.0 Å². The Morgan fingerprint density at radius 2 is 2.00 bits per heavy atom. The second kappa shape index (κ2) is 7.86. The van der Waals surface area contributed by atoms with Crippen molar-refractivity contribution in [3.05, 3.63) is 11.4 Å². The molecule has 1 aromatic rings. The first-order valence-corrected chi connectivity index (χ1v) is 11.3.